The Kier molecular flexibility index (Phi) is 3.67. The van der Waals surface area contributed by atoms with E-state index in [-0.39, 0.29) is 11.1 Å². The van der Waals surface area contributed by atoms with Gasteiger partial charge in [-0.05, 0) is 18.6 Å². The van der Waals surface area contributed by atoms with Crippen LogP contribution in [0.25, 0.3) is 0 Å². The van der Waals surface area contributed by atoms with Gasteiger partial charge in [-0.15, -0.1) is 0 Å². The van der Waals surface area contributed by atoms with Crippen LogP contribution in [-0.4, -0.2) is 12.0 Å². The number of carbonyl (C=O) groups is 1. The van der Waals surface area contributed by atoms with E-state index in [2.05, 4.69) is 0 Å². The second-order valence-corrected chi connectivity index (χ2v) is 3.47. The van der Waals surface area contributed by atoms with E-state index in [4.69, 9.17) is 0 Å². The quantitative estimate of drug-likeness (QED) is 0.576. The van der Waals surface area contributed by atoms with E-state index in [1.807, 2.05) is 0 Å². The second-order valence-electron chi connectivity index (χ2n) is 3.47. The Balaban J connectivity index is 2.78. The fraction of sp³-hybridized carbons (Fsp3) is 0.364. The Labute approximate surface area is 90.1 Å². The van der Waals surface area contributed by atoms with Crippen molar-refractivity contribution in [1.29, 1.82) is 0 Å². The fourth-order valence-corrected chi connectivity index (χ4v) is 1.25. The lowest BCUT2D eigenvalue weighted by atomic mass is 10.0. The number of aryl methyl sites for hydroxylation is 1. The molecule has 0 atom stereocenters. The Morgan fingerprint density at radius 1 is 1.31 bits per heavy atom. The van der Waals surface area contributed by atoms with Crippen molar-refractivity contribution >= 4 is 5.78 Å². The molecule has 0 radical (unpaired) electrons. The SMILES string of the molecule is Cc1cccc(C(=O)CCC(F)(F)F)c1F. The van der Waals surface area contributed by atoms with Crippen molar-refractivity contribution in [2.75, 3.05) is 0 Å². The summed E-state index contributed by atoms with van der Waals surface area (Å²) in [6.45, 7) is 1.45. The summed E-state index contributed by atoms with van der Waals surface area (Å²) in [5.74, 6) is -1.56. The molecule has 0 fully saturated rings. The number of carbonyl (C=O) groups excluding carboxylic acids is 1. The van der Waals surface area contributed by atoms with Gasteiger partial charge in [0.1, 0.15) is 5.82 Å². The van der Waals surface area contributed by atoms with E-state index in [1.165, 1.54) is 25.1 Å². The van der Waals surface area contributed by atoms with Crippen LogP contribution in [-0.2, 0) is 0 Å². The summed E-state index contributed by atoms with van der Waals surface area (Å²) < 4.78 is 49.0. The molecule has 5 heteroatoms. The summed E-state index contributed by atoms with van der Waals surface area (Å²) in [5, 5.41) is 0. The average Bonchev–Trinajstić information content (AvgIpc) is 2.17. The van der Waals surface area contributed by atoms with Gasteiger partial charge in [0.05, 0.1) is 12.0 Å². The number of hydrogen-bond acceptors (Lipinski definition) is 1. The first-order valence-electron chi connectivity index (χ1n) is 4.66. The number of Topliss-reactive ketones (excluding diaryl/α,β-unsaturated/α-hetero) is 1. The molecule has 88 valence electrons. The van der Waals surface area contributed by atoms with E-state index >= 15 is 0 Å². The maximum atomic E-state index is 13.4. The maximum absolute atomic E-state index is 13.4. The highest BCUT2D eigenvalue weighted by Gasteiger charge is 2.28. The van der Waals surface area contributed by atoms with E-state index < -0.39 is 30.6 Å². The first kappa shape index (κ1) is 12.7. The molecule has 0 unspecified atom stereocenters. The van der Waals surface area contributed by atoms with Gasteiger partial charge in [0.25, 0.3) is 0 Å². The summed E-state index contributed by atoms with van der Waals surface area (Å²) in [4.78, 5) is 11.3. The van der Waals surface area contributed by atoms with Crippen molar-refractivity contribution in [1.82, 2.24) is 0 Å². The first-order valence-corrected chi connectivity index (χ1v) is 4.66. The Morgan fingerprint density at radius 2 is 1.94 bits per heavy atom. The van der Waals surface area contributed by atoms with Crippen molar-refractivity contribution in [2.45, 2.75) is 25.9 Å². The lowest BCUT2D eigenvalue weighted by Gasteiger charge is -2.07. The van der Waals surface area contributed by atoms with Gasteiger partial charge in [0.15, 0.2) is 5.78 Å². The minimum absolute atomic E-state index is 0.248. The highest BCUT2D eigenvalue weighted by atomic mass is 19.4. The van der Waals surface area contributed by atoms with E-state index in [1.54, 1.807) is 0 Å². The zero-order valence-corrected chi connectivity index (χ0v) is 8.57. The van der Waals surface area contributed by atoms with Crippen LogP contribution < -0.4 is 0 Å². The summed E-state index contributed by atoms with van der Waals surface area (Å²) in [5.41, 5.74) is -0.0258. The van der Waals surface area contributed by atoms with Crippen molar-refractivity contribution in [3.05, 3.63) is 35.1 Å². The van der Waals surface area contributed by atoms with Gasteiger partial charge in [-0.25, -0.2) is 4.39 Å². The standard InChI is InChI=1S/C11H10F4O/c1-7-3-2-4-8(10(7)12)9(16)5-6-11(13,14)15/h2-4H,5-6H2,1H3. The minimum Gasteiger partial charge on any atom is -0.294 e. The van der Waals surface area contributed by atoms with Crippen molar-refractivity contribution in [3.8, 4) is 0 Å². The lowest BCUT2D eigenvalue weighted by molar-refractivity contribution is -0.133. The number of benzene rings is 1. The maximum Gasteiger partial charge on any atom is 0.389 e. The van der Waals surface area contributed by atoms with Crippen LogP contribution in [0.2, 0.25) is 0 Å². The van der Waals surface area contributed by atoms with Gasteiger partial charge in [-0.1, -0.05) is 12.1 Å². The number of rotatable bonds is 3. The third-order valence-electron chi connectivity index (χ3n) is 2.13. The molecule has 0 heterocycles. The molecule has 1 aromatic carbocycles. The average molecular weight is 234 g/mol. The lowest BCUT2D eigenvalue weighted by Crippen LogP contribution is -2.12. The topological polar surface area (TPSA) is 17.1 Å². The van der Waals surface area contributed by atoms with Gasteiger partial charge < -0.3 is 0 Å². The predicted molar refractivity (Wildman–Crippen MR) is 50.8 cm³/mol. The second kappa shape index (κ2) is 4.63. The van der Waals surface area contributed by atoms with Gasteiger partial charge in [0, 0.05) is 6.42 Å². The summed E-state index contributed by atoms with van der Waals surface area (Å²) in [6, 6.07) is 4.09. The number of hydrogen-bond donors (Lipinski definition) is 0. The van der Waals surface area contributed by atoms with Crippen LogP contribution in [0.4, 0.5) is 17.6 Å². The van der Waals surface area contributed by atoms with Gasteiger partial charge >= 0.3 is 6.18 Å². The van der Waals surface area contributed by atoms with Gasteiger partial charge in [-0.2, -0.15) is 13.2 Å². The highest BCUT2D eigenvalue weighted by molar-refractivity contribution is 5.96. The van der Waals surface area contributed by atoms with Crippen LogP contribution in [0.1, 0.15) is 28.8 Å². The smallest absolute Gasteiger partial charge is 0.294 e. The molecular weight excluding hydrogens is 224 g/mol. The molecule has 1 rings (SSSR count). The molecule has 0 spiro atoms. The fourth-order valence-electron chi connectivity index (χ4n) is 1.25. The minimum atomic E-state index is -4.39. The third kappa shape index (κ3) is 3.32. The highest BCUT2D eigenvalue weighted by Crippen LogP contribution is 2.23. The Bertz CT molecular complexity index is 395. The zero-order valence-electron chi connectivity index (χ0n) is 8.57. The monoisotopic (exact) mass is 234 g/mol. The van der Waals surface area contributed by atoms with Crippen LogP contribution in [0.15, 0.2) is 18.2 Å². The van der Waals surface area contributed by atoms with E-state index in [0.29, 0.717) is 0 Å². The van der Waals surface area contributed by atoms with E-state index in [9.17, 15) is 22.4 Å². The summed E-state index contributed by atoms with van der Waals surface area (Å²) >= 11 is 0. The van der Waals surface area contributed by atoms with Crippen molar-refractivity contribution < 1.29 is 22.4 Å². The van der Waals surface area contributed by atoms with Crippen LogP contribution >= 0.6 is 0 Å². The molecule has 1 nitrogen and oxygen atoms in total. The Hall–Kier alpha value is -1.39. The van der Waals surface area contributed by atoms with Gasteiger partial charge in [-0.3, -0.25) is 4.79 Å². The Morgan fingerprint density at radius 3 is 2.50 bits per heavy atom. The largest absolute Gasteiger partial charge is 0.389 e. The van der Waals surface area contributed by atoms with Crippen LogP contribution in [0.5, 0.6) is 0 Å². The van der Waals surface area contributed by atoms with Gasteiger partial charge in [0.2, 0.25) is 0 Å². The molecule has 0 saturated heterocycles. The summed E-state index contributed by atoms with van der Waals surface area (Å²) in [6.07, 6.45) is -6.33. The van der Waals surface area contributed by atoms with Crippen LogP contribution in [0, 0.1) is 12.7 Å². The molecule has 0 saturated carbocycles. The predicted octanol–water partition coefficient (Wildman–Crippen LogP) is 3.66. The molecule has 0 aliphatic rings. The zero-order chi connectivity index (χ0) is 12.3. The normalized spacial score (nSPS) is 11.6. The van der Waals surface area contributed by atoms with E-state index in [0.717, 1.165) is 0 Å². The molecule has 0 aliphatic heterocycles. The molecule has 1 aromatic rings. The molecule has 0 aromatic heterocycles. The van der Waals surface area contributed by atoms with Crippen molar-refractivity contribution in [2.24, 2.45) is 0 Å². The molecule has 0 amide bonds. The third-order valence-corrected chi connectivity index (χ3v) is 2.13. The first-order chi connectivity index (χ1) is 7.31. The molecule has 0 bridgehead atoms. The number of ketones is 1. The number of halogens is 4. The molecular formula is C11H10F4O. The summed E-state index contributed by atoms with van der Waals surface area (Å²) in [7, 11) is 0. The van der Waals surface area contributed by atoms with Crippen molar-refractivity contribution in [3.63, 3.8) is 0 Å². The molecule has 0 aliphatic carbocycles. The van der Waals surface area contributed by atoms with Crippen LogP contribution in [0.3, 0.4) is 0 Å². The number of alkyl halides is 3. The molecule has 16 heavy (non-hydrogen) atoms. The molecule has 0 N–H and O–H groups in total.